The van der Waals surface area contributed by atoms with E-state index < -0.39 is 11.6 Å². The van der Waals surface area contributed by atoms with Gasteiger partial charge in [0.25, 0.3) is 0 Å². The van der Waals surface area contributed by atoms with Crippen molar-refractivity contribution in [1.82, 2.24) is 14.4 Å². The number of aryl methyl sites for hydroxylation is 1. The topological polar surface area (TPSA) is 72.4 Å². The number of nitrogens with zero attached hydrogens (tertiary/aromatic N) is 3. The molecule has 5 aromatic rings. The highest BCUT2D eigenvalue weighted by Gasteiger charge is 2.13. The van der Waals surface area contributed by atoms with Gasteiger partial charge in [0, 0.05) is 47.9 Å². The van der Waals surface area contributed by atoms with Gasteiger partial charge in [-0.05, 0) is 24.3 Å². The van der Waals surface area contributed by atoms with Gasteiger partial charge >= 0.3 is 0 Å². The molecule has 3 aromatic heterocycles. The van der Waals surface area contributed by atoms with Crippen LogP contribution in [0.5, 0.6) is 0 Å². The number of aromatic nitrogens is 3. The summed E-state index contributed by atoms with van der Waals surface area (Å²) in [6.45, 7) is 0. The number of carbonyl (C=O) groups excluding carboxylic acids is 1. The molecule has 1 N–H and O–H groups in total. The zero-order valence-corrected chi connectivity index (χ0v) is 17.4. The number of hydrogen-bond donors (Lipinski definition) is 1. The molecular weight excluding hydrogens is 434 g/mol. The first-order chi connectivity index (χ1) is 15.5. The standard InChI is InChI=1S/C23H16F2N4O2S/c24-15-3-6-17(18(25)11-15)20-12-26-22(31-20)8-7-21(30)27-16-4-1-14(2-5-16)19-13-29-9-10-32-23(29)28-19/h1-6,9-13H,7-8H2,(H,27,30). The Kier molecular flexibility index (Phi) is 5.24. The molecule has 0 fully saturated rings. The second kappa shape index (κ2) is 8.35. The van der Waals surface area contributed by atoms with Crippen LogP contribution in [0, 0.1) is 11.6 Å². The molecule has 32 heavy (non-hydrogen) atoms. The van der Waals surface area contributed by atoms with E-state index in [4.69, 9.17) is 4.42 Å². The first-order valence-electron chi connectivity index (χ1n) is 9.78. The molecule has 3 heterocycles. The number of anilines is 1. The van der Waals surface area contributed by atoms with Crippen LogP contribution in [0.4, 0.5) is 14.5 Å². The summed E-state index contributed by atoms with van der Waals surface area (Å²) < 4.78 is 34.4. The molecule has 0 bridgehead atoms. The molecule has 0 aliphatic carbocycles. The van der Waals surface area contributed by atoms with Gasteiger partial charge in [-0.3, -0.25) is 9.20 Å². The fraction of sp³-hybridized carbons (Fsp3) is 0.0870. The summed E-state index contributed by atoms with van der Waals surface area (Å²) in [7, 11) is 0. The van der Waals surface area contributed by atoms with E-state index in [0.717, 1.165) is 28.4 Å². The van der Waals surface area contributed by atoms with E-state index in [1.807, 2.05) is 46.4 Å². The fourth-order valence-corrected chi connectivity index (χ4v) is 3.97. The van der Waals surface area contributed by atoms with Crippen LogP contribution in [0.1, 0.15) is 12.3 Å². The number of thiazole rings is 1. The van der Waals surface area contributed by atoms with Gasteiger partial charge in [-0.25, -0.2) is 18.7 Å². The minimum Gasteiger partial charge on any atom is -0.441 e. The van der Waals surface area contributed by atoms with E-state index >= 15 is 0 Å². The molecule has 0 saturated heterocycles. The Morgan fingerprint density at radius 2 is 2.00 bits per heavy atom. The van der Waals surface area contributed by atoms with E-state index in [9.17, 15) is 13.6 Å². The lowest BCUT2D eigenvalue weighted by Crippen LogP contribution is -2.12. The molecule has 160 valence electrons. The molecule has 5 rings (SSSR count). The van der Waals surface area contributed by atoms with E-state index in [1.54, 1.807) is 11.3 Å². The number of halogens is 2. The number of fused-ring (bicyclic) bond motifs is 1. The van der Waals surface area contributed by atoms with Crippen molar-refractivity contribution < 1.29 is 18.0 Å². The first-order valence-corrected chi connectivity index (χ1v) is 10.7. The van der Waals surface area contributed by atoms with Crippen molar-refractivity contribution in [1.29, 1.82) is 0 Å². The maximum absolute atomic E-state index is 13.9. The highest BCUT2D eigenvalue weighted by atomic mass is 32.1. The van der Waals surface area contributed by atoms with E-state index in [0.29, 0.717) is 11.6 Å². The smallest absolute Gasteiger partial charge is 0.224 e. The summed E-state index contributed by atoms with van der Waals surface area (Å²) in [6, 6.07) is 10.7. The summed E-state index contributed by atoms with van der Waals surface area (Å²) in [6.07, 6.45) is 5.67. The number of rotatable bonds is 6. The average Bonchev–Trinajstić information content (AvgIpc) is 3.49. The molecule has 9 heteroatoms. The lowest BCUT2D eigenvalue weighted by atomic mass is 10.1. The van der Waals surface area contributed by atoms with Gasteiger partial charge in [-0.15, -0.1) is 11.3 Å². The molecule has 1 amide bonds. The number of oxazole rings is 1. The molecule has 6 nitrogen and oxygen atoms in total. The van der Waals surface area contributed by atoms with Gasteiger partial charge in [0.2, 0.25) is 5.91 Å². The van der Waals surface area contributed by atoms with Gasteiger partial charge in [-0.1, -0.05) is 12.1 Å². The van der Waals surface area contributed by atoms with E-state index in [2.05, 4.69) is 15.3 Å². The van der Waals surface area contributed by atoms with Crippen molar-refractivity contribution in [2.24, 2.45) is 0 Å². The number of carbonyl (C=O) groups is 1. The molecule has 2 aromatic carbocycles. The largest absolute Gasteiger partial charge is 0.441 e. The predicted molar refractivity (Wildman–Crippen MR) is 117 cm³/mol. The van der Waals surface area contributed by atoms with Crippen molar-refractivity contribution in [2.75, 3.05) is 5.32 Å². The first kappa shape index (κ1) is 20.1. The van der Waals surface area contributed by atoms with Crippen LogP contribution in [0.2, 0.25) is 0 Å². The van der Waals surface area contributed by atoms with Crippen LogP contribution >= 0.6 is 11.3 Å². The summed E-state index contributed by atoms with van der Waals surface area (Å²) >= 11 is 1.57. The number of imidazole rings is 1. The minimum absolute atomic E-state index is 0.118. The Morgan fingerprint density at radius 1 is 1.16 bits per heavy atom. The van der Waals surface area contributed by atoms with Crippen LogP contribution in [0.15, 0.2) is 70.9 Å². The normalized spacial score (nSPS) is 11.2. The predicted octanol–water partition coefficient (Wildman–Crippen LogP) is 5.57. The Labute approximate surface area is 185 Å². The second-order valence-corrected chi connectivity index (χ2v) is 7.96. The van der Waals surface area contributed by atoms with E-state index in [-0.39, 0.29) is 30.1 Å². The average molecular weight is 450 g/mol. The summed E-state index contributed by atoms with van der Waals surface area (Å²) in [5.41, 5.74) is 2.61. The van der Waals surface area contributed by atoms with Crippen LogP contribution in [-0.2, 0) is 11.2 Å². The van der Waals surface area contributed by atoms with Crippen molar-refractivity contribution in [3.8, 4) is 22.6 Å². The molecular formula is C23H16F2N4O2S. The van der Waals surface area contributed by atoms with Gasteiger partial charge in [-0.2, -0.15) is 0 Å². The molecule has 0 radical (unpaired) electrons. The minimum atomic E-state index is -0.732. The van der Waals surface area contributed by atoms with Gasteiger partial charge in [0.05, 0.1) is 17.5 Å². The number of hydrogen-bond acceptors (Lipinski definition) is 5. The Bertz CT molecular complexity index is 1380. The Morgan fingerprint density at radius 3 is 2.78 bits per heavy atom. The summed E-state index contributed by atoms with van der Waals surface area (Å²) in [5.74, 6) is -1.11. The third kappa shape index (κ3) is 4.15. The SMILES string of the molecule is O=C(CCc1ncc(-c2ccc(F)cc2F)o1)Nc1ccc(-c2cn3ccsc3n2)cc1. The molecule has 0 atom stereocenters. The lowest BCUT2D eigenvalue weighted by molar-refractivity contribution is -0.116. The number of nitrogens with one attached hydrogen (secondary N) is 1. The van der Waals surface area contributed by atoms with Gasteiger partial charge in [0.1, 0.15) is 11.6 Å². The third-order valence-electron chi connectivity index (χ3n) is 4.87. The zero-order valence-electron chi connectivity index (χ0n) is 16.6. The molecule has 0 spiro atoms. The fourth-order valence-electron chi connectivity index (χ4n) is 3.27. The summed E-state index contributed by atoms with van der Waals surface area (Å²) in [4.78, 5) is 21.9. The Balaban J connectivity index is 1.18. The molecule has 0 saturated carbocycles. The van der Waals surface area contributed by atoms with Crippen LogP contribution < -0.4 is 5.32 Å². The third-order valence-corrected chi connectivity index (χ3v) is 5.64. The van der Waals surface area contributed by atoms with Crippen molar-refractivity contribution in [3.63, 3.8) is 0 Å². The zero-order chi connectivity index (χ0) is 22.1. The van der Waals surface area contributed by atoms with Crippen LogP contribution in [-0.4, -0.2) is 20.3 Å². The van der Waals surface area contributed by atoms with Crippen LogP contribution in [0.3, 0.4) is 0 Å². The quantitative estimate of drug-likeness (QED) is 0.367. The van der Waals surface area contributed by atoms with Crippen molar-refractivity contribution in [2.45, 2.75) is 12.8 Å². The maximum Gasteiger partial charge on any atom is 0.224 e. The monoisotopic (exact) mass is 450 g/mol. The molecule has 0 aliphatic heterocycles. The second-order valence-electron chi connectivity index (χ2n) is 7.09. The highest BCUT2D eigenvalue weighted by Crippen LogP contribution is 2.25. The lowest BCUT2D eigenvalue weighted by Gasteiger charge is -2.05. The van der Waals surface area contributed by atoms with Gasteiger partial charge in [0.15, 0.2) is 16.6 Å². The number of benzene rings is 2. The van der Waals surface area contributed by atoms with Crippen molar-refractivity contribution >= 4 is 27.9 Å². The van der Waals surface area contributed by atoms with Crippen molar-refractivity contribution in [3.05, 3.63) is 84.0 Å². The summed E-state index contributed by atoms with van der Waals surface area (Å²) in [5, 5.41) is 4.81. The molecule has 0 unspecified atom stereocenters. The Hall–Kier alpha value is -3.85. The molecule has 0 aliphatic rings. The van der Waals surface area contributed by atoms with Crippen LogP contribution in [0.25, 0.3) is 27.5 Å². The number of amides is 1. The van der Waals surface area contributed by atoms with E-state index in [1.165, 1.54) is 12.3 Å². The highest BCUT2D eigenvalue weighted by molar-refractivity contribution is 7.15. The maximum atomic E-state index is 13.9. The van der Waals surface area contributed by atoms with Gasteiger partial charge < -0.3 is 9.73 Å².